The lowest BCUT2D eigenvalue weighted by Gasteiger charge is -2.25. The number of nitrogens with zero attached hydrogens (tertiary/aromatic N) is 3. The highest BCUT2D eigenvalue weighted by Gasteiger charge is 2.30. The molecular formula is C16H22N4O. The molecule has 1 saturated heterocycles. The Morgan fingerprint density at radius 2 is 2.14 bits per heavy atom. The molecule has 1 aliphatic heterocycles. The first-order valence-electron chi connectivity index (χ1n) is 7.71. The standard InChI is InChI=1S/C16H22N4O/c1-3-19(4-2)12-9-10-20(11-12)16(21)15-17-13-7-5-6-8-14(13)18-15/h5-8,12H,3-4,9-11H2,1-2H3,(H,17,18)/t12-/m1/s1. The van der Waals surface area contributed by atoms with E-state index in [0.29, 0.717) is 11.9 Å². The molecule has 0 spiro atoms. The minimum absolute atomic E-state index is 0.0147. The number of amides is 1. The van der Waals surface area contributed by atoms with Crippen molar-refractivity contribution in [3.63, 3.8) is 0 Å². The van der Waals surface area contributed by atoms with Crippen molar-refractivity contribution < 1.29 is 4.79 Å². The Kier molecular flexibility index (Phi) is 3.92. The molecule has 1 aromatic heterocycles. The Labute approximate surface area is 125 Å². The molecule has 2 heterocycles. The van der Waals surface area contributed by atoms with E-state index in [0.717, 1.165) is 43.6 Å². The van der Waals surface area contributed by atoms with Crippen LogP contribution >= 0.6 is 0 Å². The molecule has 1 atom stereocenters. The van der Waals surface area contributed by atoms with Gasteiger partial charge in [0.15, 0.2) is 5.82 Å². The van der Waals surface area contributed by atoms with Crippen LogP contribution in [0.2, 0.25) is 0 Å². The number of nitrogens with one attached hydrogen (secondary N) is 1. The topological polar surface area (TPSA) is 52.2 Å². The second-order valence-electron chi connectivity index (χ2n) is 5.52. The monoisotopic (exact) mass is 286 g/mol. The number of carbonyl (C=O) groups is 1. The van der Waals surface area contributed by atoms with Crippen molar-refractivity contribution in [3.8, 4) is 0 Å². The Morgan fingerprint density at radius 1 is 1.38 bits per heavy atom. The van der Waals surface area contributed by atoms with Gasteiger partial charge in [0.2, 0.25) is 0 Å². The van der Waals surface area contributed by atoms with Crippen molar-refractivity contribution in [2.45, 2.75) is 26.3 Å². The highest BCUT2D eigenvalue weighted by Crippen LogP contribution is 2.18. The molecule has 3 rings (SSSR count). The highest BCUT2D eigenvalue weighted by atomic mass is 16.2. The van der Waals surface area contributed by atoms with Gasteiger partial charge in [-0.3, -0.25) is 9.69 Å². The number of rotatable bonds is 4. The van der Waals surface area contributed by atoms with Crippen LogP contribution in [0, 0.1) is 0 Å². The van der Waals surface area contributed by atoms with Gasteiger partial charge in [-0.05, 0) is 31.6 Å². The minimum Gasteiger partial charge on any atom is -0.334 e. The smallest absolute Gasteiger partial charge is 0.289 e. The Morgan fingerprint density at radius 3 is 2.86 bits per heavy atom. The van der Waals surface area contributed by atoms with E-state index >= 15 is 0 Å². The van der Waals surface area contributed by atoms with Crippen LogP contribution in [0.4, 0.5) is 0 Å². The first-order chi connectivity index (χ1) is 10.2. The molecule has 5 heteroatoms. The molecule has 2 aromatic rings. The molecule has 0 radical (unpaired) electrons. The van der Waals surface area contributed by atoms with E-state index < -0.39 is 0 Å². The second kappa shape index (κ2) is 5.85. The first kappa shape index (κ1) is 14.1. The van der Waals surface area contributed by atoms with Crippen LogP contribution in [0.5, 0.6) is 0 Å². The average Bonchev–Trinajstić information content (AvgIpc) is 3.14. The zero-order chi connectivity index (χ0) is 14.8. The molecule has 0 bridgehead atoms. The lowest BCUT2D eigenvalue weighted by Crippen LogP contribution is -2.38. The normalized spacial score (nSPS) is 18.8. The summed E-state index contributed by atoms with van der Waals surface area (Å²) in [5, 5.41) is 0. The number of likely N-dealkylation sites (N-methyl/N-ethyl adjacent to an activating group) is 1. The fourth-order valence-corrected chi connectivity index (χ4v) is 3.17. The number of fused-ring (bicyclic) bond motifs is 1. The summed E-state index contributed by atoms with van der Waals surface area (Å²) in [6.07, 6.45) is 1.05. The van der Waals surface area contributed by atoms with Gasteiger partial charge in [0.25, 0.3) is 5.91 Å². The van der Waals surface area contributed by atoms with Crippen molar-refractivity contribution in [1.82, 2.24) is 19.8 Å². The molecule has 1 fully saturated rings. The number of hydrogen-bond acceptors (Lipinski definition) is 3. The minimum atomic E-state index is 0.0147. The second-order valence-corrected chi connectivity index (χ2v) is 5.52. The van der Waals surface area contributed by atoms with Crippen LogP contribution in [-0.4, -0.2) is 57.9 Å². The molecule has 1 amide bonds. The lowest BCUT2D eigenvalue weighted by molar-refractivity contribution is 0.0767. The van der Waals surface area contributed by atoms with E-state index in [4.69, 9.17) is 0 Å². The molecular weight excluding hydrogens is 264 g/mol. The van der Waals surface area contributed by atoms with Crippen LogP contribution < -0.4 is 0 Å². The maximum atomic E-state index is 12.6. The summed E-state index contributed by atoms with van der Waals surface area (Å²) in [5.74, 6) is 0.470. The molecule has 1 N–H and O–H groups in total. The third-order valence-corrected chi connectivity index (χ3v) is 4.37. The van der Waals surface area contributed by atoms with Gasteiger partial charge in [0.1, 0.15) is 0 Å². The maximum absolute atomic E-state index is 12.6. The van der Waals surface area contributed by atoms with Crippen molar-refractivity contribution in [2.75, 3.05) is 26.2 Å². The number of hydrogen-bond donors (Lipinski definition) is 1. The summed E-state index contributed by atoms with van der Waals surface area (Å²) in [6.45, 7) is 8.04. The summed E-state index contributed by atoms with van der Waals surface area (Å²) >= 11 is 0. The third kappa shape index (κ3) is 2.65. The number of para-hydroxylation sites is 2. The van der Waals surface area contributed by atoms with Gasteiger partial charge in [0, 0.05) is 19.1 Å². The van der Waals surface area contributed by atoms with Gasteiger partial charge in [-0.1, -0.05) is 26.0 Å². The molecule has 0 unspecified atom stereocenters. The zero-order valence-electron chi connectivity index (χ0n) is 12.7. The SMILES string of the molecule is CCN(CC)[C@@H]1CCN(C(=O)c2nc3ccccc3[nH]2)C1. The third-order valence-electron chi connectivity index (χ3n) is 4.37. The van der Waals surface area contributed by atoms with E-state index in [9.17, 15) is 4.79 Å². The first-order valence-corrected chi connectivity index (χ1v) is 7.71. The average molecular weight is 286 g/mol. The van der Waals surface area contributed by atoms with Gasteiger partial charge < -0.3 is 9.88 Å². The zero-order valence-corrected chi connectivity index (χ0v) is 12.7. The summed E-state index contributed by atoms with van der Waals surface area (Å²) in [5.41, 5.74) is 1.76. The number of carbonyl (C=O) groups excluding carboxylic acids is 1. The fourth-order valence-electron chi connectivity index (χ4n) is 3.17. The van der Waals surface area contributed by atoms with E-state index in [1.807, 2.05) is 29.2 Å². The summed E-state index contributed by atoms with van der Waals surface area (Å²) in [6, 6.07) is 8.23. The van der Waals surface area contributed by atoms with Gasteiger partial charge >= 0.3 is 0 Å². The van der Waals surface area contributed by atoms with Crippen LogP contribution in [0.25, 0.3) is 11.0 Å². The number of likely N-dealkylation sites (tertiary alicyclic amines) is 1. The Bertz CT molecular complexity index is 599. The lowest BCUT2D eigenvalue weighted by atomic mass is 10.2. The maximum Gasteiger partial charge on any atom is 0.289 e. The number of imidazole rings is 1. The number of aromatic nitrogens is 2. The van der Waals surface area contributed by atoms with Crippen LogP contribution in [-0.2, 0) is 0 Å². The van der Waals surface area contributed by atoms with Crippen molar-refractivity contribution >= 4 is 16.9 Å². The van der Waals surface area contributed by atoms with Gasteiger partial charge in [-0.25, -0.2) is 4.98 Å². The number of benzene rings is 1. The highest BCUT2D eigenvalue weighted by molar-refractivity contribution is 5.94. The van der Waals surface area contributed by atoms with E-state index in [-0.39, 0.29) is 5.91 Å². The van der Waals surface area contributed by atoms with Crippen molar-refractivity contribution in [2.24, 2.45) is 0 Å². The summed E-state index contributed by atoms with van der Waals surface area (Å²) in [7, 11) is 0. The van der Waals surface area contributed by atoms with E-state index in [1.54, 1.807) is 0 Å². The van der Waals surface area contributed by atoms with Gasteiger partial charge in [-0.15, -0.1) is 0 Å². The Hall–Kier alpha value is -1.88. The van der Waals surface area contributed by atoms with Gasteiger partial charge in [0.05, 0.1) is 11.0 Å². The molecule has 0 saturated carbocycles. The summed E-state index contributed by atoms with van der Waals surface area (Å²) in [4.78, 5) is 24.5. The van der Waals surface area contributed by atoms with Crippen LogP contribution in [0.1, 0.15) is 30.9 Å². The Balaban J connectivity index is 1.74. The molecule has 1 aromatic carbocycles. The number of H-pyrrole nitrogens is 1. The largest absolute Gasteiger partial charge is 0.334 e. The van der Waals surface area contributed by atoms with Crippen LogP contribution in [0.15, 0.2) is 24.3 Å². The number of aromatic amines is 1. The predicted octanol–water partition coefficient (Wildman–Crippen LogP) is 2.12. The summed E-state index contributed by atoms with van der Waals surface area (Å²) < 4.78 is 0. The molecule has 112 valence electrons. The molecule has 1 aliphatic rings. The van der Waals surface area contributed by atoms with E-state index in [1.165, 1.54) is 0 Å². The molecule has 21 heavy (non-hydrogen) atoms. The quantitative estimate of drug-likeness (QED) is 0.936. The molecule has 5 nitrogen and oxygen atoms in total. The fraction of sp³-hybridized carbons (Fsp3) is 0.500. The van der Waals surface area contributed by atoms with Gasteiger partial charge in [-0.2, -0.15) is 0 Å². The van der Waals surface area contributed by atoms with Crippen molar-refractivity contribution in [1.29, 1.82) is 0 Å². The van der Waals surface area contributed by atoms with E-state index in [2.05, 4.69) is 28.7 Å². The predicted molar refractivity (Wildman–Crippen MR) is 83.3 cm³/mol. The van der Waals surface area contributed by atoms with Crippen LogP contribution in [0.3, 0.4) is 0 Å². The van der Waals surface area contributed by atoms with Crippen molar-refractivity contribution in [3.05, 3.63) is 30.1 Å². The molecule has 0 aliphatic carbocycles.